The third-order valence-corrected chi connectivity index (χ3v) is 5.26. The number of nitrogens with one attached hydrogen (secondary N) is 1. The number of ether oxygens (including phenoxy) is 2. The van der Waals surface area contributed by atoms with Crippen LogP contribution in [-0.4, -0.2) is 48.6 Å². The van der Waals surface area contributed by atoms with Gasteiger partial charge in [0.2, 0.25) is 0 Å². The zero-order valence-electron chi connectivity index (χ0n) is 17.6. The van der Waals surface area contributed by atoms with Crippen molar-refractivity contribution in [1.29, 1.82) is 0 Å². The van der Waals surface area contributed by atoms with Gasteiger partial charge in [0.05, 0.1) is 17.4 Å². The highest BCUT2D eigenvalue weighted by Crippen LogP contribution is 2.27. The maximum absolute atomic E-state index is 13.0. The molecule has 0 spiro atoms. The topological polar surface area (TPSA) is 63.7 Å². The summed E-state index contributed by atoms with van der Waals surface area (Å²) < 4.78 is 11.9. The van der Waals surface area contributed by atoms with Gasteiger partial charge in [0.25, 0.3) is 5.91 Å². The van der Waals surface area contributed by atoms with E-state index in [1.165, 1.54) is 6.42 Å². The minimum atomic E-state index is -0.276. The minimum Gasteiger partial charge on any atom is -0.492 e. The van der Waals surface area contributed by atoms with Crippen molar-refractivity contribution in [1.82, 2.24) is 9.88 Å². The fourth-order valence-corrected chi connectivity index (χ4v) is 3.34. The number of allylic oxidation sites excluding steroid dienone is 1. The number of likely N-dealkylation sites (N-methyl/N-ethyl adjacent to an activating group) is 1. The van der Waals surface area contributed by atoms with Gasteiger partial charge in [0.1, 0.15) is 24.7 Å². The number of aromatic nitrogens is 1. The molecule has 1 atom stereocenters. The molecule has 0 saturated carbocycles. The van der Waals surface area contributed by atoms with E-state index in [4.69, 9.17) is 9.47 Å². The Kier molecular flexibility index (Phi) is 7.63. The fraction of sp³-hybridized carbons (Fsp3) is 0.333. The number of hydrogen-bond acceptors (Lipinski definition) is 5. The van der Waals surface area contributed by atoms with Crippen molar-refractivity contribution in [3.05, 3.63) is 72.6 Å². The standard InChI is InChI=1S/C24H29N3O3/c1-4-18(5-2)16-30-23-11-10-21(29-17-20-9-7-13-27(20)3)14-22(23)24(28)26-19-8-6-12-25-15-19/h4-6,8,10-12,14-15,20H,1,7,9,13,16-17H2,2-3H3,(H,26,28). The molecule has 3 rings (SSSR count). The van der Waals surface area contributed by atoms with E-state index in [0.29, 0.717) is 42.0 Å². The average molecular weight is 408 g/mol. The smallest absolute Gasteiger partial charge is 0.259 e. The third-order valence-electron chi connectivity index (χ3n) is 5.26. The zero-order valence-corrected chi connectivity index (χ0v) is 17.6. The van der Waals surface area contributed by atoms with Crippen LogP contribution in [0.2, 0.25) is 0 Å². The molecule has 2 aromatic rings. The Hall–Kier alpha value is -3.12. The van der Waals surface area contributed by atoms with Crippen LogP contribution in [0, 0.1) is 0 Å². The first-order chi connectivity index (χ1) is 14.6. The number of amides is 1. The largest absolute Gasteiger partial charge is 0.492 e. The first kappa shape index (κ1) is 21.6. The molecule has 0 aliphatic carbocycles. The summed E-state index contributed by atoms with van der Waals surface area (Å²) in [5.41, 5.74) is 1.97. The number of pyridine rings is 1. The maximum atomic E-state index is 13.0. The maximum Gasteiger partial charge on any atom is 0.259 e. The summed E-state index contributed by atoms with van der Waals surface area (Å²) in [6.07, 6.45) is 9.24. The number of likely N-dealkylation sites (tertiary alicyclic amines) is 1. The van der Waals surface area contributed by atoms with Gasteiger partial charge in [-0.05, 0) is 69.3 Å². The summed E-state index contributed by atoms with van der Waals surface area (Å²) in [7, 11) is 2.11. The Balaban J connectivity index is 1.78. The molecule has 0 bridgehead atoms. The van der Waals surface area contributed by atoms with Crippen molar-refractivity contribution in [2.24, 2.45) is 0 Å². The van der Waals surface area contributed by atoms with Gasteiger partial charge in [-0.25, -0.2) is 0 Å². The van der Waals surface area contributed by atoms with Crippen LogP contribution in [0.4, 0.5) is 5.69 Å². The van der Waals surface area contributed by atoms with E-state index < -0.39 is 0 Å². The van der Waals surface area contributed by atoms with E-state index in [9.17, 15) is 4.79 Å². The van der Waals surface area contributed by atoms with Crippen molar-refractivity contribution in [3.8, 4) is 11.5 Å². The van der Waals surface area contributed by atoms with Gasteiger partial charge in [-0.3, -0.25) is 9.78 Å². The summed E-state index contributed by atoms with van der Waals surface area (Å²) in [5.74, 6) is 0.860. The lowest BCUT2D eigenvalue weighted by atomic mass is 10.1. The van der Waals surface area contributed by atoms with Crippen molar-refractivity contribution in [3.63, 3.8) is 0 Å². The molecule has 1 unspecified atom stereocenters. The quantitative estimate of drug-likeness (QED) is 0.627. The lowest BCUT2D eigenvalue weighted by Crippen LogP contribution is -2.30. The number of carbonyl (C=O) groups is 1. The van der Waals surface area contributed by atoms with E-state index in [0.717, 1.165) is 18.5 Å². The molecule has 6 nitrogen and oxygen atoms in total. The van der Waals surface area contributed by atoms with Crippen LogP contribution in [0.5, 0.6) is 11.5 Å². The zero-order chi connectivity index (χ0) is 21.3. The Morgan fingerprint density at radius 2 is 2.23 bits per heavy atom. The summed E-state index contributed by atoms with van der Waals surface area (Å²) in [4.78, 5) is 19.3. The number of rotatable bonds is 9. The van der Waals surface area contributed by atoms with E-state index in [2.05, 4.69) is 28.8 Å². The molecule has 1 N–H and O–H groups in total. The fourth-order valence-electron chi connectivity index (χ4n) is 3.34. The van der Waals surface area contributed by atoms with Crippen molar-refractivity contribution in [2.45, 2.75) is 25.8 Å². The SMILES string of the molecule is C=CC(=CC)COc1ccc(OCC2CCCN2C)cc1C(=O)Nc1cccnc1. The predicted octanol–water partition coefficient (Wildman–Crippen LogP) is 4.32. The lowest BCUT2D eigenvalue weighted by Gasteiger charge is -2.20. The second kappa shape index (κ2) is 10.6. The number of anilines is 1. The Morgan fingerprint density at radius 1 is 1.37 bits per heavy atom. The average Bonchev–Trinajstić information content (AvgIpc) is 3.18. The highest BCUT2D eigenvalue weighted by molar-refractivity contribution is 6.06. The molecule has 158 valence electrons. The second-order valence-corrected chi connectivity index (χ2v) is 7.30. The molecular weight excluding hydrogens is 378 g/mol. The van der Waals surface area contributed by atoms with Crippen molar-refractivity contribution < 1.29 is 14.3 Å². The number of benzene rings is 1. The van der Waals surface area contributed by atoms with Gasteiger partial charge in [-0.2, -0.15) is 0 Å². The third kappa shape index (κ3) is 5.70. The van der Waals surface area contributed by atoms with Gasteiger partial charge in [0.15, 0.2) is 0 Å². The summed E-state index contributed by atoms with van der Waals surface area (Å²) in [5, 5.41) is 2.87. The molecule has 2 heterocycles. The molecule has 1 aliphatic heterocycles. The summed E-state index contributed by atoms with van der Waals surface area (Å²) >= 11 is 0. The molecule has 6 heteroatoms. The van der Waals surface area contributed by atoms with Crippen LogP contribution in [0.3, 0.4) is 0 Å². The Morgan fingerprint density at radius 3 is 2.90 bits per heavy atom. The first-order valence-electron chi connectivity index (χ1n) is 10.2. The van der Waals surface area contributed by atoms with E-state index in [1.807, 2.05) is 19.1 Å². The summed E-state index contributed by atoms with van der Waals surface area (Å²) in [6, 6.07) is 9.32. The van der Waals surface area contributed by atoms with E-state index in [1.54, 1.807) is 42.7 Å². The van der Waals surface area contributed by atoms with Gasteiger partial charge in [-0.1, -0.05) is 18.7 Å². The first-order valence-corrected chi connectivity index (χ1v) is 10.2. The lowest BCUT2D eigenvalue weighted by molar-refractivity contribution is 0.102. The van der Waals surface area contributed by atoms with Gasteiger partial charge >= 0.3 is 0 Å². The molecule has 1 aliphatic rings. The van der Waals surface area contributed by atoms with Crippen LogP contribution in [0.15, 0.2) is 67.0 Å². The van der Waals surface area contributed by atoms with Crippen LogP contribution < -0.4 is 14.8 Å². The number of carbonyl (C=O) groups excluding carboxylic acids is 1. The van der Waals surface area contributed by atoms with E-state index >= 15 is 0 Å². The molecule has 1 fully saturated rings. The molecule has 1 aromatic heterocycles. The highest BCUT2D eigenvalue weighted by atomic mass is 16.5. The molecule has 1 aromatic carbocycles. The molecular formula is C24H29N3O3. The van der Waals surface area contributed by atoms with Gasteiger partial charge < -0.3 is 19.7 Å². The minimum absolute atomic E-state index is 0.276. The van der Waals surface area contributed by atoms with Crippen LogP contribution in [0.25, 0.3) is 0 Å². The van der Waals surface area contributed by atoms with Gasteiger partial charge in [-0.15, -0.1) is 0 Å². The van der Waals surface area contributed by atoms with Crippen LogP contribution in [0.1, 0.15) is 30.1 Å². The van der Waals surface area contributed by atoms with E-state index in [-0.39, 0.29) is 5.91 Å². The van der Waals surface area contributed by atoms with Crippen LogP contribution in [-0.2, 0) is 0 Å². The summed E-state index contributed by atoms with van der Waals surface area (Å²) in [6.45, 7) is 7.73. The Labute approximate surface area is 178 Å². The molecule has 30 heavy (non-hydrogen) atoms. The van der Waals surface area contributed by atoms with Crippen LogP contribution >= 0.6 is 0 Å². The van der Waals surface area contributed by atoms with Crippen molar-refractivity contribution in [2.75, 3.05) is 32.1 Å². The Bertz CT molecular complexity index is 896. The van der Waals surface area contributed by atoms with Gasteiger partial charge in [0, 0.05) is 12.2 Å². The highest BCUT2D eigenvalue weighted by Gasteiger charge is 2.22. The second-order valence-electron chi connectivity index (χ2n) is 7.30. The monoisotopic (exact) mass is 407 g/mol. The molecule has 0 radical (unpaired) electrons. The molecule has 1 amide bonds. The normalized spacial score (nSPS) is 16.9. The molecule has 1 saturated heterocycles. The number of nitrogens with zero attached hydrogens (tertiary/aromatic N) is 2. The van der Waals surface area contributed by atoms with Crippen molar-refractivity contribution >= 4 is 11.6 Å². The predicted molar refractivity (Wildman–Crippen MR) is 119 cm³/mol. The number of hydrogen-bond donors (Lipinski definition) is 1.